The van der Waals surface area contributed by atoms with Gasteiger partial charge in [-0.2, -0.15) is 5.26 Å². The number of nitriles is 1. The van der Waals surface area contributed by atoms with Crippen LogP contribution in [-0.2, 0) is 6.42 Å². The molecule has 0 spiro atoms. The summed E-state index contributed by atoms with van der Waals surface area (Å²) < 4.78 is 0. The lowest BCUT2D eigenvalue weighted by Gasteiger charge is -2.10. The Bertz CT molecular complexity index is 550. The molecule has 1 heterocycles. The third kappa shape index (κ3) is 1.77. The second-order valence-corrected chi connectivity index (χ2v) is 4.20. The van der Waals surface area contributed by atoms with Gasteiger partial charge in [-0.1, -0.05) is 32.0 Å². The lowest BCUT2D eigenvalue weighted by atomic mass is 9.98. The molecule has 16 heavy (non-hydrogen) atoms. The molecule has 0 N–H and O–H groups in total. The van der Waals surface area contributed by atoms with Crippen LogP contribution < -0.4 is 0 Å². The fraction of sp³-hybridized carbons (Fsp3) is 0.286. The lowest BCUT2D eigenvalue weighted by Crippen LogP contribution is -1.95. The van der Waals surface area contributed by atoms with Crippen LogP contribution in [0.4, 0.5) is 0 Å². The van der Waals surface area contributed by atoms with Crippen molar-refractivity contribution in [3.8, 4) is 6.07 Å². The first-order chi connectivity index (χ1) is 7.74. The van der Waals surface area contributed by atoms with Crippen molar-refractivity contribution in [2.24, 2.45) is 0 Å². The molecule has 0 saturated heterocycles. The molecule has 0 aliphatic heterocycles. The minimum Gasteiger partial charge on any atom is -0.260 e. The van der Waals surface area contributed by atoms with Crippen LogP contribution in [0, 0.1) is 11.3 Å². The molecular weight excluding hydrogens is 196 g/mol. The quantitative estimate of drug-likeness (QED) is 0.761. The molecule has 0 aliphatic carbocycles. The summed E-state index contributed by atoms with van der Waals surface area (Å²) >= 11 is 0. The number of fused-ring (bicyclic) bond motifs is 1. The van der Waals surface area contributed by atoms with Crippen molar-refractivity contribution in [1.29, 1.82) is 5.26 Å². The zero-order valence-electron chi connectivity index (χ0n) is 9.57. The Morgan fingerprint density at radius 1 is 1.25 bits per heavy atom. The predicted molar refractivity (Wildman–Crippen MR) is 65.1 cm³/mol. The summed E-state index contributed by atoms with van der Waals surface area (Å²) in [4.78, 5) is 4.42. The van der Waals surface area contributed by atoms with Crippen molar-refractivity contribution >= 4 is 10.8 Å². The van der Waals surface area contributed by atoms with E-state index in [4.69, 9.17) is 5.26 Å². The van der Waals surface area contributed by atoms with Gasteiger partial charge in [0, 0.05) is 11.6 Å². The van der Waals surface area contributed by atoms with Gasteiger partial charge in [-0.3, -0.25) is 4.98 Å². The summed E-state index contributed by atoms with van der Waals surface area (Å²) in [5.74, 6) is 0.404. The van der Waals surface area contributed by atoms with Gasteiger partial charge in [0.15, 0.2) is 0 Å². The van der Waals surface area contributed by atoms with Gasteiger partial charge in [0.2, 0.25) is 0 Å². The summed E-state index contributed by atoms with van der Waals surface area (Å²) in [5, 5.41) is 11.1. The van der Waals surface area contributed by atoms with E-state index in [0.29, 0.717) is 12.3 Å². The molecule has 80 valence electrons. The Kier molecular flexibility index (Phi) is 2.87. The average molecular weight is 210 g/mol. The first kappa shape index (κ1) is 10.6. The minimum atomic E-state index is 0.404. The molecule has 0 atom stereocenters. The lowest BCUT2D eigenvalue weighted by molar-refractivity contribution is 0.834. The number of nitrogens with zero attached hydrogens (tertiary/aromatic N) is 2. The molecule has 0 bridgehead atoms. The van der Waals surface area contributed by atoms with E-state index in [1.54, 1.807) is 0 Å². The Balaban J connectivity index is 2.72. The van der Waals surface area contributed by atoms with E-state index in [1.807, 2.05) is 24.4 Å². The summed E-state index contributed by atoms with van der Waals surface area (Å²) in [6.07, 6.45) is 2.29. The van der Waals surface area contributed by atoms with Gasteiger partial charge in [0.1, 0.15) is 0 Å². The first-order valence-corrected chi connectivity index (χ1v) is 5.47. The third-order valence-electron chi connectivity index (χ3n) is 2.74. The topological polar surface area (TPSA) is 36.7 Å². The Morgan fingerprint density at radius 3 is 2.75 bits per heavy atom. The number of aromatic nitrogens is 1. The zero-order chi connectivity index (χ0) is 11.5. The highest BCUT2D eigenvalue weighted by molar-refractivity contribution is 5.88. The van der Waals surface area contributed by atoms with Gasteiger partial charge in [-0.05, 0) is 22.9 Å². The number of hydrogen-bond donors (Lipinski definition) is 0. The minimum absolute atomic E-state index is 0.404. The third-order valence-corrected chi connectivity index (χ3v) is 2.74. The van der Waals surface area contributed by atoms with Crippen molar-refractivity contribution < 1.29 is 0 Å². The molecule has 2 heteroatoms. The van der Waals surface area contributed by atoms with Gasteiger partial charge in [0.25, 0.3) is 0 Å². The van der Waals surface area contributed by atoms with Crippen LogP contribution in [0.5, 0.6) is 0 Å². The van der Waals surface area contributed by atoms with E-state index in [9.17, 15) is 0 Å². The molecule has 1 aromatic heterocycles. The predicted octanol–water partition coefficient (Wildman–Crippen LogP) is 3.42. The van der Waals surface area contributed by atoms with Crippen molar-refractivity contribution in [2.45, 2.75) is 26.2 Å². The zero-order valence-corrected chi connectivity index (χ0v) is 9.57. The van der Waals surface area contributed by atoms with E-state index < -0.39 is 0 Å². The molecule has 2 nitrogen and oxygen atoms in total. The Labute approximate surface area is 95.6 Å². The molecule has 0 unspecified atom stereocenters. The molecule has 0 radical (unpaired) electrons. The monoisotopic (exact) mass is 210 g/mol. The first-order valence-electron chi connectivity index (χ1n) is 5.47. The Hall–Kier alpha value is -1.88. The van der Waals surface area contributed by atoms with Crippen molar-refractivity contribution in [3.05, 3.63) is 41.7 Å². The van der Waals surface area contributed by atoms with Crippen molar-refractivity contribution in [3.63, 3.8) is 0 Å². The molecule has 0 aliphatic rings. The van der Waals surface area contributed by atoms with E-state index in [-0.39, 0.29) is 0 Å². The summed E-state index contributed by atoms with van der Waals surface area (Å²) in [5.41, 5.74) is 2.20. The second-order valence-electron chi connectivity index (χ2n) is 4.20. The number of pyridine rings is 1. The normalized spacial score (nSPS) is 10.6. The van der Waals surface area contributed by atoms with E-state index >= 15 is 0 Å². The molecule has 2 rings (SSSR count). The van der Waals surface area contributed by atoms with Crippen LogP contribution in [0.3, 0.4) is 0 Å². The van der Waals surface area contributed by atoms with Crippen molar-refractivity contribution in [1.82, 2.24) is 4.98 Å². The highest BCUT2D eigenvalue weighted by Gasteiger charge is 2.08. The van der Waals surface area contributed by atoms with Crippen LogP contribution in [-0.4, -0.2) is 4.98 Å². The van der Waals surface area contributed by atoms with Gasteiger partial charge in [-0.15, -0.1) is 0 Å². The second kappa shape index (κ2) is 4.32. The number of hydrogen-bond acceptors (Lipinski definition) is 2. The van der Waals surface area contributed by atoms with Crippen LogP contribution in [0.2, 0.25) is 0 Å². The highest BCUT2D eigenvalue weighted by Crippen LogP contribution is 2.25. The smallest absolute Gasteiger partial charge is 0.0669 e. The van der Waals surface area contributed by atoms with Gasteiger partial charge >= 0.3 is 0 Å². The summed E-state index contributed by atoms with van der Waals surface area (Å²) in [7, 11) is 0. The maximum Gasteiger partial charge on any atom is 0.0669 e. The van der Waals surface area contributed by atoms with Crippen molar-refractivity contribution in [2.75, 3.05) is 0 Å². The fourth-order valence-corrected chi connectivity index (χ4v) is 1.99. The molecule has 0 fully saturated rings. The number of rotatable bonds is 2. The van der Waals surface area contributed by atoms with Crippen LogP contribution in [0.15, 0.2) is 30.5 Å². The van der Waals surface area contributed by atoms with E-state index in [1.165, 1.54) is 5.39 Å². The van der Waals surface area contributed by atoms with E-state index in [0.717, 1.165) is 16.6 Å². The molecule has 0 amide bonds. The van der Waals surface area contributed by atoms with Crippen LogP contribution in [0.25, 0.3) is 10.8 Å². The molecule has 0 saturated carbocycles. The highest BCUT2D eigenvalue weighted by atomic mass is 14.7. The molecule has 1 aromatic carbocycles. The van der Waals surface area contributed by atoms with Gasteiger partial charge in [0.05, 0.1) is 18.2 Å². The SMILES string of the molecule is CC(C)c1nccc2c(CC#N)cccc12. The average Bonchev–Trinajstić information content (AvgIpc) is 2.29. The Morgan fingerprint density at radius 2 is 2.06 bits per heavy atom. The summed E-state index contributed by atoms with van der Waals surface area (Å²) in [6, 6.07) is 10.3. The molecular formula is C14H14N2. The molecule has 2 aromatic rings. The fourth-order valence-electron chi connectivity index (χ4n) is 1.99. The summed E-state index contributed by atoms with van der Waals surface area (Å²) in [6.45, 7) is 4.28. The van der Waals surface area contributed by atoms with E-state index in [2.05, 4.69) is 31.0 Å². The largest absolute Gasteiger partial charge is 0.260 e. The van der Waals surface area contributed by atoms with Gasteiger partial charge in [-0.25, -0.2) is 0 Å². The maximum absolute atomic E-state index is 8.79. The maximum atomic E-state index is 8.79. The van der Waals surface area contributed by atoms with Gasteiger partial charge < -0.3 is 0 Å². The number of benzene rings is 1. The van der Waals surface area contributed by atoms with Crippen LogP contribution in [0.1, 0.15) is 31.0 Å². The van der Waals surface area contributed by atoms with Crippen LogP contribution >= 0.6 is 0 Å². The standard InChI is InChI=1S/C14H14N2/c1-10(2)14-13-5-3-4-11(6-8-15)12(13)7-9-16-14/h3-5,7,9-10H,6H2,1-2H3.